The zero-order valence-corrected chi connectivity index (χ0v) is 18.1. The van der Waals surface area contributed by atoms with Crippen molar-refractivity contribution in [3.63, 3.8) is 0 Å². The molecule has 0 bridgehead atoms. The molecule has 4 heteroatoms. The summed E-state index contributed by atoms with van der Waals surface area (Å²) in [5.41, 5.74) is 2.83. The molecule has 0 heterocycles. The Hall–Kier alpha value is -4.31. The van der Waals surface area contributed by atoms with E-state index in [4.69, 9.17) is 0 Å². The Morgan fingerprint density at radius 2 is 1.15 bits per heavy atom. The van der Waals surface area contributed by atoms with Crippen molar-refractivity contribution in [1.29, 1.82) is 0 Å². The van der Waals surface area contributed by atoms with Crippen LogP contribution >= 0.6 is 0 Å². The van der Waals surface area contributed by atoms with Crippen LogP contribution in [0.1, 0.15) is 37.8 Å². The molecule has 0 aromatic heterocycles. The highest BCUT2D eigenvalue weighted by molar-refractivity contribution is 6.02. The van der Waals surface area contributed by atoms with Crippen molar-refractivity contribution in [3.05, 3.63) is 144 Å². The first-order chi connectivity index (χ1) is 16.2. The highest BCUT2D eigenvalue weighted by atomic mass is 16.2. The third-order valence-corrected chi connectivity index (χ3v) is 5.33. The van der Waals surface area contributed by atoms with Crippen LogP contribution in [0.25, 0.3) is 0 Å². The van der Waals surface area contributed by atoms with Crippen LogP contribution in [0, 0.1) is 0 Å². The minimum Gasteiger partial charge on any atom is -0.293 e. The maximum Gasteiger partial charge on any atom is 0.273 e. The fraction of sp³-hybridized carbons (Fsp3) is 0.0690. The smallest absolute Gasteiger partial charge is 0.273 e. The Balaban J connectivity index is 1.71. The second-order valence-corrected chi connectivity index (χ2v) is 7.60. The second-order valence-electron chi connectivity index (χ2n) is 7.60. The number of benzene rings is 4. The van der Waals surface area contributed by atoms with Crippen molar-refractivity contribution in [2.75, 3.05) is 6.54 Å². The number of rotatable bonds is 8. The summed E-state index contributed by atoms with van der Waals surface area (Å²) in [5.74, 6) is -0.874. The van der Waals surface area contributed by atoms with E-state index in [0.717, 1.165) is 11.1 Å². The van der Waals surface area contributed by atoms with Crippen molar-refractivity contribution < 1.29 is 9.59 Å². The first kappa shape index (κ1) is 21.9. The molecule has 4 aromatic rings. The molecule has 1 unspecified atom stereocenters. The van der Waals surface area contributed by atoms with E-state index in [9.17, 15) is 9.59 Å². The van der Waals surface area contributed by atoms with Gasteiger partial charge in [-0.3, -0.25) is 9.59 Å². The van der Waals surface area contributed by atoms with Crippen molar-refractivity contribution in [2.45, 2.75) is 5.92 Å². The van der Waals surface area contributed by atoms with Gasteiger partial charge >= 0.3 is 0 Å². The summed E-state index contributed by atoms with van der Waals surface area (Å²) in [6.07, 6.45) is 1.65. The first-order valence-corrected chi connectivity index (χ1v) is 10.8. The monoisotopic (exact) mass is 432 g/mol. The second kappa shape index (κ2) is 10.8. The van der Waals surface area contributed by atoms with Crippen molar-refractivity contribution in [2.24, 2.45) is 5.10 Å². The van der Waals surface area contributed by atoms with E-state index in [0.29, 0.717) is 11.1 Å². The van der Waals surface area contributed by atoms with Gasteiger partial charge in [0.2, 0.25) is 0 Å². The van der Waals surface area contributed by atoms with E-state index in [-0.39, 0.29) is 18.2 Å². The lowest BCUT2D eigenvalue weighted by atomic mass is 9.90. The lowest BCUT2D eigenvalue weighted by molar-refractivity contribution is 0.0736. The van der Waals surface area contributed by atoms with Crippen LogP contribution < -0.4 is 0 Å². The van der Waals surface area contributed by atoms with Gasteiger partial charge in [-0.05, 0) is 23.3 Å². The van der Waals surface area contributed by atoms with Gasteiger partial charge in [-0.2, -0.15) is 5.10 Å². The summed E-state index contributed by atoms with van der Waals surface area (Å²) in [4.78, 5) is 26.9. The molecule has 0 radical (unpaired) electrons. The molecule has 1 amide bonds. The molecule has 0 aliphatic rings. The van der Waals surface area contributed by atoms with E-state index in [2.05, 4.69) is 5.10 Å². The first-order valence-electron chi connectivity index (χ1n) is 10.8. The maximum absolute atomic E-state index is 13.5. The predicted molar refractivity (Wildman–Crippen MR) is 131 cm³/mol. The van der Waals surface area contributed by atoms with Gasteiger partial charge < -0.3 is 0 Å². The van der Waals surface area contributed by atoms with E-state index in [1.54, 1.807) is 30.5 Å². The van der Waals surface area contributed by atoms with Gasteiger partial charge in [0.25, 0.3) is 5.91 Å². The molecule has 33 heavy (non-hydrogen) atoms. The molecule has 0 fully saturated rings. The number of nitrogens with zero attached hydrogens (tertiary/aromatic N) is 2. The summed E-state index contributed by atoms with van der Waals surface area (Å²) in [6, 6.07) is 37.3. The number of hydrogen-bond acceptors (Lipinski definition) is 3. The minimum absolute atomic E-state index is 0.0532. The van der Waals surface area contributed by atoms with Crippen molar-refractivity contribution in [1.82, 2.24) is 5.01 Å². The highest BCUT2D eigenvalue weighted by Gasteiger charge is 2.27. The van der Waals surface area contributed by atoms with Crippen LogP contribution in [0.2, 0.25) is 0 Å². The van der Waals surface area contributed by atoms with Gasteiger partial charge in [-0.25, -0.2) is 5.01 Å². The lowest BCUT2D eigenvalue weighted by Crippen LogP contribution is -2.33. The summed E-state index contributed by atoms with van der Waals surface area (Å²) in [6.45, 7) is 0.120. The topological polar surface area (TPSA) is 49.7 Å². The Morgan fingerprint density at radius 1 is 0.667 bits per heavy atom. The van der Waals surface area contributed by atoms with Gasteiger partial charge in [0.05, 0.1) is 18.7 Å². The Bertz CT molecular complexity index is 1210. The van der Waals surface area contributed by atoms with Crippen LogP contribution in [-0.4, -0.2) is 29.5 Å². The summed E-state index contributed by atoms with van der Waals surface area (Å²) in [5, 5.41) is 5.91. The zero-order valence-electron chi connectivity index (χ0n) is 18.1. The van der Waals surface area contributed by atoms with Gasteiger partial charge in [0.1, 0.15) is 0 Å². The molecular weight excluding hydrogens is 408 g/mol. The average Bonchev–Trinajstić information content (AvgIpc) is 2.90. The molecule has 0 saturated heterocycles. The lowest BCUT2D eigenvalue weighted by Gasteiger charge is -2.24. The molecule has 4 aromatic carbocycles. The minimum atomic E-state index is -0.561. The van der Waals surface area contributed by atoms with Crippen molar-refractivity contribution in [3.8, 4) is 0 Å². The zero-order chi connectivity index (χ0) is 22.9. The number of hydrazone groups is 1. The highest BCUT2D eigenvalue weighted by Crippen LogP contribution is 2.23. The van der Waals surface area contributed by atoms with Crippen LogP contribution in [0.4, 0.5) is 0 Å². The molecule has 162 valence electrons. The maximum atomic E-state index is 13.5. The fourth-order valence-electron chi connectivity index (χ4n) is 3.59. The third kappa shape index (κ3) is 5.69. The molecule has 0 spiro atoms. The van der Waals surface area contributed by atoms with Crippen LogP contribution in [0.15, 0.2) is 126 Å². The normalized spacial score (nSPS) is 11.8. The largest absolute Gasteiger partial charge is 0.293 e. The standard InChI is InChI=1S/C29H24N2O2/c32-28(25-17-9-3-10-18-25)27(24-15-7-2-8-16-24)22-31(29(33)26-19-11-4-12-20-26)30-21-23-13-5-1-6-14-23/h1-21,27H,22H2/b30-21+. The number of ketones is 1. The third-order valence-electron chi connectivity index (χ3n) is 5.33. The number of amides is 1. The molecule has 0 N–H and O–H groups in total. The number of carbonyl (C=O) groups is 2. The van der Waals surface area contributed by atoms with Gasteiger partial charge in [-0.15, -0.1) is 0 Å². The van der Waals surface area contributed by atoms with E-state index in [1.807, 2.05) is 97.1 Å². The van der Waals surface area contributed by atoms with E-state index >= 15 is 0 Å². The van der Waals surface area contributed by atoms with E-state index < -0.39 is 5.92 Å². The molecule has 4 nitrogen and oxygen atoms in total. The van der Waals surface area contributed by atoms with E-state index in [1.165, 1.54) is 5.01 Å². The van der Waals surface area contributed by atoms with Crippen LogP contribution in [0.5, 0.6) is 0 Å². The number of Topliss-reactive ketones (excluding diaryl/α,β-unsaturated/α-hetero) is 1. The SMILES string of the molecule is O=C(c1ccccc1)C(CN(/N=C/c1ccccc1)C(=O)c1ccccc1)c1ccccc1. The fourth-order valence-corrected chi connectivity index (χ4v) is 3.59. The molecule has 4 rings (SSSR count). The van der Waals surface area contributed by atoms with Crippen molar-refractivity contribution >= 4 is 17.9 Å². The average molecular weight is 433 g/mol. The Kier molecular flexibility index (Phi) is 7.18. The van der Waals surface area contributed by atoms with Gasteiger partial charge in [0.15, 0.2) is 5.78 Å². The predicted octanol–water partition coefficient (Wildman–Crippen LogP) is 5.83. The molecule has 1 atom stereocenters. The van der Waals surface area contributed by atoms with Gasteiger partial charge in [-0.1, -0.05) is 109 Å². The Labute approximate surface area is 193 Å². The summed E-state index contributed by atoms with van der Waals surface area (Å²) in [7, 11) is 0. The Morgan fingerprint density at radius 3 is 1.73 bits per heavy atom. The number of carbonyl (C=O) groups excluding carboxylic acids is 2. The van der Waals surface area contributed by atoms with Gasteiger partial charge in [0, 0.05) is 11.1 Å². The quantitative estimate of drug-likeness (QED) is 0.200. The molecule has 0 aliphatic heterocycles. The molecular formula is C29H24N2O2. The van der Waals surface area contributed by atoms with Crippen LogP contribution in [-0.2, 0) is 0 Å². The summed E-state index contributed by atoms with van der Waals surface area (Å²) < 4.78 is 0. The molecule has 0 aliphatic carbocycles. The number of hydrogen-bond donors (Lipinski definition) is 0. The summed E-state index contributed by atoms with van der Waals surface area (Å²) >= 11 is 0. The molecule has 0 saturated carbocycles. The van der Waals surface area contributed by atoms with Crippen LogP contribution in [0.3, 0.4) is 0 Å².